The molecule has 96 valence electrons. The van der Waals surface area contributed by atoms with Crippen LogP contribution in [0.25, 0.3) is 0 Å². The molecular weight excluding hydrogens is 238 g/mol. The maximum Gasteiger partial charge on any atom is 0.257 e. The molecule has 1 N–H and O–H groups in total. The highest BCUT2D eigenvalue weighted by Crippen LogP contribution is 2.17. The monoisotopic (exact) mass is 252 g/mol. The number of hydrogen-bond acceptors (Lipinski definition) is 2. The van der Waals surface area contributed by atoms with Crippen LogP contribution in [0.15, 0.2) is 12.1 Å². The summed E-state index contributed by atoms with van der Waals surface area (Å²) in [6.45, 7) is 4.71. The van der Waals surface area contributed by atoms with Crippen molar-refractivity contribution in [2.75, 3.05) is 6.54 Å². The molecule has 1 aromatic carbocycles. The number of halogens is 2. The third-order valence-electron chi connectivity index (χ3n) is 2.50. The van der Waals surface area contributed by atoms with Crippen molar-refractivity contribution < 1.29 is 13.6 Å². The molecule has 18 heavy (non-hydrogen) atoms. The number of amides is 1. The number of nitriles is 1. The van der Waals surface area contributed by atoms with Crippen LogP contribution < -0.4 is 5.32 Å². The highest BCUT2D eigenvalue weighted by molar-refractivity contribution is 5.95. The van der Waals surface area contributed by atoms with Crippen molar-refractivity contribution >= 4 is 5.91 Å². The Morgan fingerprint density at radius 2 is 2.06 bits per heavy atom. The normalized spacial score (nSPS) is 10.9. The van der Waals surface area contributed by atoms with Gasteiger partial charge in [0.05, 0.1) is 11.5 Å². The molecule has 0 aromatic heterocycles. The molecule has 0 radical (unpaired) electrons. The fourth-order valence-electron chi connectivity index (χ4n) is 1.29. The smallest absolute Gasteiger partial charge is 0.257 e. The first-order valence-corrected chi connectivity index (χ1v) is 5.42. The average Bonchev–Trinajstić information content (AvgIpc) is 2.32. The molecule has 0 heterocycles. The van der Waals surface area contributed by atoms with Crippen LogP contribution >= 0.6 is 0 Å². The summed E-state index contributed by atoms with van der Waals surface area (Å²) in [4.78, 5) is 11.7. The van der Waals surface area contributed by atoms with E-state index in [9.17, 15) is 13.6 Å². The Bertz CT molecular complexity index is 518. The fourth-order valence-corrected chi connectivity index (χ4v) is 1.29. The van der Waals surface area contributed by atoms with Crippen LogP contribution in [-0.4, -0.2) is 12.5 Å². The van der Waals surface area contributed by atoms with Gasteiger partial charge in [-0.15, -0.1) is 0 Å². The quantitative estimate of drug-likeness (QED) is 0.898. The Morgan fingerprint density at radius 3 is 2.61 bits per heavy atom. The van der Waals surface area contributed by atoms with Gasteiger partial charge in [-0.25, -0.2) is 8.78 Å². The van der Waals surface area contributed by atoms with E-state index in [0.717, 1.165) is 6.07 Å². The lowest BCUT2D eigenvalue weighted by atomic mass is 9.96. The fraction of sp³-hybridized carbons (Fsp3) is 0.385. The first-order valence-electron chi connectivity index (χ1n) is 5.42. The zero-order valence-electron chi connectivity index (χ0n) is 10.5. The van der Waals surface area contributed by atoms with Gasteiger partial charge in [0.15, 0.2) is 0 Å². The summed E-state index contributed by atoms with van der Waals surface area (Å²) in [6, 6.07) is 4.30. The number of hydrogen-bond donors (Lipinski definition) is 1. The van der Waals surface area contributed by atoms with E-state index in [2.05, 4.69) is 5.32 Å². The second kappa shape index (κ2) is 5.13. The lowest BCUT2D eigenvalue weighted by molar-refractivity contribution is 0.0935. The number of rotatable bonds is 3. The minimum Gasteiger partial charge on any atom is -0.350 e. The number of aryl methyl sites for hydroxylation is 1. The van der Waals surface area contributed by atoms with Gasteiger partial charge in [-0.1, -0.05) is 6.07 Å². The number of carbonyl (C=O) groups is 1. The van der Waals surface area contributed by atoms with Crippen LogP contribution in [0.2, 0.25) is 0 Å². The van der Waals surface area contributed by atoms with E-state index in [1.54, 1.807) is 13.8 Å². The topological polar surface area (TPSA) is 52.9 Å². The van der Waals surface area contributed by atoms with Crippen LogP contribution in [-0.2, 0) is 0 Å². The predicted molar refractivity (Wildman–Crippen MR) is 62.8 cm³/mol. The van der Waals surface area contributed by atoms with E-state index >= 15 is 0 Å². The predicted octanol–water partition coefficient (Wildman–Crippen LogP) is 2.55. The van der Waals surface area contributed by atoms with Crippen molar-refractivity contribution in [3.8, 4) is 6.07 Å². The molecule has 0 aliphatic rings. The highest BCUT2D eigenvalue weighted by Gasteiger charge is 2.22. The number of nitrogens with one attached hydrogen (secondary N) is 1. The molecule has 0 spiro atoms. The van der Waals surface area contributed by atoms with Crippen molar-refractivity contribution in [3.05, 3.63) is 34.9 Å². The molecular formula is C13H14F2N2O. The van der Waals surface area contributed by atoms with Gasteiger partial charge in [0.1, 0.15) is 17.2 Å². The maximum absolute atomic E-state index is 13.6. The first-order chi connectivity index (χ1) is 8.28. The van der Waals surface area contributed by atoms with Gasteiger partial charge < -0.3 is 5.32 Å². The van der Waals surface area contributed by atoms with Gasteiger partial charge in [-0.3, -0.25) is 4.79 Å². The third kappa shape index (κ3) is 3.04. The Hall–Kier alpha value is -1.96. The second-order valence-corrected chi connectivity index (χ2v) is 4.73. The van der Waals surface area contributed by atoms with Crippen LogP contribution in [0.1, 0.15) is 29.8 Å². The largest absolute Gasteiger partial charge is 0.350 e. The molecule has 1 rings (SSSR count). The molecule has 1 aromatic rings. The zero-order valence-corrected chi connectivity index (χ0v) is 10.5. The summed E-state index contributed by atoms with van der Waals surface area (Å²) in [5.74, 6) is -2.63. The molecule has 0 bridgehead atoms. The summed E-state index contributed by atoms with van der Waals surface area (Å²) < 4.78 is 27.1. The lowest BCUT2D eigenvalue weighted by Gasteiger charge is -2.16. The minimum atomic E-state index is -0.912. The van der Waals surface area contributed by atoms with Gasteiger partial charge >= 0.3 is 0 Å². The van der Waals surface area contributed by atoms with Crippen LogP contribution in [0.5, 0.6) is 0 Å². The van der Waals surface area contributed by atoms with Crippen LogP contribution in [0, 0.1) is 35.3 Å². The van der Waals surface area contributed by atoms with E-state index in [1.807, 2.05) is 6.07 Å². The van der Waals surface area contributed by atoms with Crippen molar-refractivity contribution in [3.63, 3.8) is 0 Å². The van der Waals surface area contributed by atoms with Gasteiger partial charge in [0.25, 0.3) is 5.91 Å². The Balaban J connectivity index is 2.93. The van der Waals surface area contributed by atoms with E-state index in [4.69, 9.17) is 5.26 Å². The summed E-state index contributed by atoms with van der Waals surface area (Å²) in [6.07, 6.45) is 0. The molecule has 0 atom stereocenters. The first kappa shape index (κ1) is 14.1. The van der Waals surface area contributed by atoms with Crippen molar-refractivity contribution in [2.45, 2.75) is 20.8 Å². The maximum atomic E-state index is 13.6. The van der Waals surface area contributed by atoms with Crippen molar-refractivity contribution in [1.82, 2.24) is 5.32 Å². The zero-order chi connectivity index (χ0) is 13.9. The average molecular weight is 252 g/mol. The minimum absolute atomic E-state index is 0.0230. The third-order valence-corrected chi connectivity index (χ3v) is 2.50. The van der Waals surface area contributed by atoms with E-state index in [0.29, 0.717) is 0 Å². The molecule has 1 amide bonds. The van der Waals surface area contributed by atoms with Gasteiger partial charge in [0, 0.05) is 6.54 Å². The molecule has 0 saturated heterocycles. The molecule has 0 aliphatic carbocycles. The number of benzene rings is 1. The van der Waals surface area contributed by atoms with Crippen molar-refractivity contribution in [1.29, 1.82) is 5.26 Å². The number of nitrogens with zero attached hydrogens (tertiary/aromatic N) is 1. The van der Waals surface area contributed by atoms with Crippen molar-refractivity contribution in [2.24, 2.45) is 5.41 Å². The van der Waals surface area contributed by atoms with E-state index < -0.39 is 28.5 Å². The van der Waals surface area contributed by atoms with E-state index in [1.165, 1.54) is 13.0 Å². The second-order valence-electron chi connectivity index (χ2n) is 4.73. The molecule has 0 fully saturated rings. The molecule has 0 unspecified atom stereocenters. The molecule has 0 aliphatic heterocycles. The molecule has 5 heteroatoms. The number of carbonyl (C=O) groups excluding carboxylic acids is 1. The van der Waals surface area contributed by atoms with Gasteiger partial charge in [-0.2, -0.15) is 5.26 Å². The summed E-state index contributed by atoms with van der Waals surface area (Å²) >= 11 is 0. The van der Waals surface area contributed by atoms with Gasteiger partial charge in [0.2, 0.25) is 0 Å². The standard InChI is InChI=1S/C13H14F2N2O/c1-8-4-5-9(14)10(11(8)15)12(18)17-7-13(2,3)6-16/h4-5H,7H2,1-3H3,(H,17,18). The van der Waals surface area contributed by atoms with Crippen LogP contribution in [0.4, 0.5) is 8.78 Å². The van der Waals surface area contributed by atoms with E-state index in [-0.39, 0.29) is 12.1 Å². The lowest BCUT2D eigenvalue weighted by Crippen LogP contribution is -2.34. The SMILES string of the molecule is Cc1ccc(F)c(C(=O)NCC(C)(C)C#N)c1F. The summed E-state index contributed by atoms with van der Waals surface area (Å²) in [7, 11) is 0. The van der Waals surface area contributed by atoms with Crippen LogP contribution in [0.3, 0.4) is 0 Å². The summed E-state index contributed by atoms with van der Waals surface area (Å²) in [5.41, 5.74) is -1.20. The highest BCUT2D eigenvalue weighted by atomic mass is 19.1. The Morgan fingerprint density at radius 1 is 1.44 bits per heavy atom. The van der Waals surface area contributed by atoms with Gasteiger partial charge in [-0.05, 0) is 32.4 Å². The molecule has 3 nitrogen and oxygen atoms in total. The Kier molecular flexibility index (Phi) is 4.02. The Labute approximate surface area is 104 Å². The summed E-state index contributed by atoms with van der Waals surface area (Å²) in [5, 5.41) is 11.1. The molecule has 0 saturated carbocycles.